The lowest BCUT2D eigenvalue weighted by Gasteiger charge is -2.20. The molecule has 3 rings (SSSR count). The SMILES string of the molecule is CCCCOc1cc(COc2cc(I)c(OCc3cc(OCCCC)c(OCCCC)c(OCCCC)c3)cc2I)cc(OCCCC)c1OCCCC. The largest absolute Gasteiger partial charge is 0.490 e. The number of hydrogen-bond acceptors (Lipinski definition) is 8. The summed E-state index contributed by atoms with van der Waals surface area (Å²) >= 11 is 4.63. The Kier molecular flexibility index (Phi) is 23.1. The molecule has 10 heteroatoms. The third-order valence-corrected chi connectivity index (χ3v) is 10.1. The first kappa shape index (κ1) is 45.9. The fraction of sp³-hybridized carbons (Fsp3) is 0.591. The molecule has 0 radical (unpaired) electrons. The predicted molar refractivity (Wildman–Crippen MR) is 236 cm³/mol. The highest BCUT2D eigenvalue weighted by Gasteiger charge is 2.19. The van der Waals surface area contributed by atoms with Gasteiger partial charge >= 0.3 is 0 Å². The van der Waals surface area contributed by atoms with E-state index in [9.17, 15) is 0 Å². The molecular formula is C44H64I2O8. The van der Waals surface area contributed by atoms with E-state index >= 15 is 0 Å². The molecule has 0 saturated heterocycles. The summed E-state index contributed by atoms with van der Waals surface area (Å²) in [6.45, 7) is 17.4. The van der Waals surface area contributed by atoms with Crippen molar-refractivity contribution in [3.05, 3.63) is 54.7 Å². The highest BCUT2D eigenvalue weighted by molar-refractivity contribution is 14.1. The molecule has 0 aliphatic rings. The second kappa shape index (κ2) is 27.2. The molecule has 0 heterocycles. The first-order chi connectivity index (χ1) is 26.4. The van der Waals surface area contributed by atoms with Gasteiger partial charge in [0, 0.05) is 0 Å². The van der Waals surface area contributed by atoms with Crippen LogP contribution in [0.3, 0.4) is 0 Å². The van der Waals surface area contributed by atoms with Crippen molar-refractivity contribution in [1.29, 1.82) is 0 Å². The van der Waals surface area contributed by atoms with Gasteiger partial charge < -0.3 is 37.9 Å². The van der Waals surface area contributed by atoms with E-state index in [0.717, 1.165) is 107 Å². The van der Waals surface area contributed by atoms with Gasteiger partial charge in [0.15, 0.2) is 23.0 Å². The molecule has 0 amide bonds. The van der Waals surface area contributed by atoms with Crippen molar-refractivity contribution in [2.45, 2.75) is 132 Å². The summed E-state index contributed by atoms with van der Waals surface area (Å²) < 4.78 is 52.3. The lowest BCUT2D eigenvalue weighted by molar-refractivity contribution is 0.234. The van der Waals surface area contributed by atoms with Gasteiger partial charge in [0.2, 0.25) is 11.5 Å². The van der Waals surface area contributed by atoms with Crippen LogP contribution in [0.1, 0.15) is 130 Å². The van der Waals surface area contributed by atoms with Crippen LogP contribution in [-0.4, -0.2) is 39.6 Å². The summed E-state index contributed by atoms with van der Waals surface area (Å²) in [4.78, 5) is 0. The molecule has 0 bridgehead atoms. The lowest BCUT2D eigenvalue weighted by atomic mass is 10.2. The molecule has 0 saturated carbocycles. The zero-order chi connectivity index (χ0) is 39.0. The molecule has 54 heavy (non-hydrogen) atoms. The number of rotatable bonds is 30. The van der Waals surface area contributed by atoms with E-state index in [1.54, 1.807) is 0 Å². The quantitative estimate of drug-likeness (QED) is 0.0483. The molecule has 0 aromatic heterocycles. The van der Waals surface area contributed by atoms with Crippen LogP contribution in [-0.2, 0) is 13.2 Å². The smallest absolute Gasteiger partial charge is 0.203 e. The molecule has 0 spiro atoms. The van der Waals surface area contributed by atoms with Crippen molar-refractivity contribution in [3.8, 4) is 46.0 Å². The van der Waals surface area contributed by atoms with E-state index in [2.05, 4.69) is 86.7 Å². The van der Waals surface area contributed by atoms with Gasteiger partial charge in [-0.25, -0.2) is 0 Å². The zero-order valence-corrected chi connectivity index (χ0v) is 37.9. The normalized spacial score (nSPS) is 11.0. The molecule has 3 aromatic rings. The summed E-state index contributed by atoms with van der Waals surface area (Å²) in [6, 6.07) is 12.2. The minimum absolute atomic E-state index is 0.351. The lowest BCUT2D eigenvalue weighted by Crippen LogP contribution is -2.08. The summed E-state index contributed by atoms with van der Waals surface area (Å²) in [7, 11) is 0. The molecule has 3 aromatic carbocycles. The highest BCUT2D eigenvalue weighted by Crippen LogP contribution is 2.42. The third kappa shape index (κ3) is 15.9. The number of hydrogen-bond donors (Lipinski definition) is 0. The van der Waals surface area contributed by atoms with Crippen LogP contribution < -0.4 is 37.9 Å². The Morgan fingerprint density at radius 1 is 0.333 bits per heavy atom. The minimum Gasteiger partial charge on any atom is -0.490 e. The van der Waals surface area contributed by atoms with Gasteiger partial charge in [0.1, 0.15) is 24.7 Å². The fourth-order valence-electron chi connectivity index (χ4n) is 5.14. The summed E-state index contributed by atoms with van der Waals surface area (Å²) in [6.07, 6.45) is 12.1. The molecule has 0 unspecified atom stereocenters. The average molecular weight is 975 g/mol. The first-order valence-corrected chi connectivity index (χ1v) is 22.4. The second-order valence-electron chi connectivity index (χ2n) is 13.3. The van der Waals surface area contributed by atoms with Gasteiger partial charge in [-0.05, 0) is 131 Å². The van der Waals surface area contributed by atoms with Crippen LogP contribution in [0.2, 0.25) is 0 Å². The highest BCUT2D eigenvalue weighted by atomic mass is 127. The van der Waals surface area contributed by atoms with Crippen LogP contribution >= 0.6 is 45.2 Å². The van der Waals surface area contributed by atoms with Crippen molar-refractivity contribution in [3.63, 3.8) is 0 Å². The van der Waals surface area contributed by atoms with E-state index in [1.807, 2.05) is 36.4 Å². The van der Waals surface area contributed by atoms with Gasteiger partial charge in [0.25, 0.3) is 0 Å². The number of benzene rings is 3. The van der Waals surface area contributed by atoms with Crippen LogP contribution in [0.4, 0.5) is 0 Å². The predicted octanol–water partition coefficient (Wildman–Crippen LogP) is 13.1. The number of unbranched alkanes of at least 4 members (excludes halogenated alkanes) is 6. The van der Waals surface area contributed by atoms with Gasteiger partial charge in [-0.2, -0.15) is 0 Å². The Bertz CT molecular complexity index is 1320. The average Bonchev–Trinajstić information content (AvgIpc) is 3.16. The van der Waals surface area contributed by atoms with E-state index < -0.39 is 0 Å². The van der Waals surface area contributed by atoms with Crippen molar-refractivity contribution >= 4 is 45.2 Å². The minimum atomic E-state index is 0.351. The molecule has 0 aliphatic carbocycles. The van der Waals surface area contributed by atoms with Crippen LogP contribution in [0.25, 0.3) is 0 Å². The van der Waals surface area contributed by atoms with Gasteiger partial charge in [-0.3, -0.25) is 0 Å². The summed E-state index contributed by atoms with van der Waals surface area (Å²) in [5.74, 6) is 5.76. The van der Waals surface area contributed by atoms with Gasteiger partial charge in [0.05, 0.1) is 46.8 Å². The monoisotopic (exact) mass is 974 g/mol. The number of halogens is 2. The van der Waals surface area contributed by atoms with Gasteiger partial charge in [-0.1, -0.05) is 80.1 Å². The Morgan fingerprint density at radius 2 is 0.593 bits per heavy atom. The molecule has 302 valence electrons. The van der Waals surface area contributed by atoms with E-state index in [-0.39, 0.29) is 0 Å². The molecule has 0 atom stereocenters. The second-order valence-corrected chi connectivity index (χ2v) is 15.7. The maximum atomic E-state index is 6.43. The Balaban J connectivity index is 1.82. The van der Waals surface area contributed by atoms with Gasteiger partial charge in [-0.15, -0.1) is 0 Å². The molecule has 0 N–H and O–H groups in total. The standard InChI is InChI=1S/C44H64I2O8/c1-7-13-19-47-39-25-33(26-40(48-20-14-8-2)43(39)51-23-17-11-5)31-53-37-29-36(46)38(30-35(37)45)54-32-34-27-41(49-21-15-9-3)44(52-24-18-12-6)42(28-34)50-22-16-10-4/h25-30H,7-24,31-32H2,1-6H3. The van der Waals surface area contributed by atoms with Crippen molar-refractivity contribution in [2.24, 2.45) is 0 Å². The van der Waals surface area contributed by atoms with Crippen LogP contribution in [0.15, 0.2) is 36.4 Å². The number of ether oxygens (including phenoxy) is 8. The van der Waals surface area contributed by atoms with E-state index in [1.165, 1.54) is 0 Å². The first-order valence-electron chi connectivity index (χ1n) is 20.2. The maximum absolute atomic E-state index is 6.43. The molecule has 0 fully saturated rings. The molecular weight excluding hydrogens is 910 g/mol. The van der Waals surface area contributed by atoms with Crippen LogP contribution in [0.5, 0.6) is 46.0 Å². The maximum Gasteiger partial charge on any atom is 0.203 e. The Morgan fingerprint density at radius 3 is 0.852 bits per heavy atom. The zero-order valence-electron chi connectivity index (χ0n) is 33.6. The van der Waals surface area contributed by atoms with E-state index in [4.69, 9.17) is 37.9 Å². The van der Waals surface area contributed by atoms with Crippen molar-refractivity contribution < 1.29 is 37.9 Å². The van der Waals surface area contributed by atoms with Crippen molar-refractivity contribution in [2.75, 3.05) is 39.6 Å². The molecule has 0 aliphatic heterocycles. The van der Waals surface area contributed by atoms with E-state index in [0.29, 0.717) is 87.4 Å². The topological polar surface area (TPSA) is 73.8 Å². The van der Waals surface area contributed by atoms with Crippen LogP contribution in [0, 0.1) is 7.14 Å². The Hall–Kier alpha value is -2.48. The summed E-state index contributed by atoms with van der Waals surface area (Å²) in [5, 5.41) is 0. The fourth-order valence-corrected chi connectivity index (χ4v) is 6.33. The van der Waals surface area contributed by atoms with Crippen molar-refractivity contribution in [1.82, 2.24) is 0 Å². The summed E-state index contributed by atoms with van der Waals surface area (Å²) in [5.41, 5.74) is 1.91. The molecule has 8 nitrogen and oxygen atoms in total. The Labute approximate surface area is 352 Å². The third-order valence-electron chi connectivity index (χ3n) is 8.45.